The van der Waals surface area contributed by atoms with Gasteiger partial charge in [0.1, 0.15) is 6.10 Å². The Bertz CT molecular complexity index is 926. The van der Waals surface area contributed by atoms with E-state index < -0.39 is 18.2 Å². The van der Waals surface area contributed by atoms with E-state index in [1.165, 1.54) is 77.0 Å². The van der Waals surface area contributed by atoms with E-state index in [2.05, 4.69) is 74.7 Å². The van der Waals surface area contributed by atoms with Crippen LogP contribution in [-0.4, -0.2) is 46.9 Å². The van der Waals surface area contributed by atoms with E-state index in [-0.39, 0.29) is 24.9 Å². The highest BCUT2D eigenvalue weighted by atomic mass is 16.5. The molecule has 0 aromatic heterocycles. The predicted octanol–water partition coefficient (Wildman–Crippen LogP) is 12.7. The summed E-state index contributed by atoms with van der Waals surface area (Å²) in [6.07, 6.45) is 47.4. The molecule has 3 N–H and O–H groups in total. The van der Waals surface area contributed by atoms with Crippen LogP contribution in [-0.2, 0) is 14.3 Å². The maximum atomic E-state index is 13.1. The zero-order valence-corrected chi connectivity index (χ0v) is 34.9. The zero-order valence-electron chi connectivity index (χ0n) is 34.9. The van der Waals surface area contributed by atoms with E-state index in [1.54, 1.807) is 0 Å². The molecule has 6 heteroatoms. The van der Waals surface area contributed by atoms with Crippen molar-refractivity contribution in [3.05, 3.63) is 48.6 Å². The van der Waals surface area contributed by atoms with Gasteiger partial charge < -0.3 is 20.3 Å². The van der Waals surface area contributed by atoms with Crippen LogP contribution in [0.15, 0.2) is 48.6 Å². The fraction of sp³-hybridized carbons (Fsp3) is 0.787. The topological polar surface area (TPSA) is 95.9 Å². The van der Waals surface area contributed by atoms with Crippen molar-refractivity contribution in [3.8, 4) is 0 Å². The number of esters is 1. The van der Waals surface area contributed by atoms with Crippen molar-refractivity contribution in [3.63, 3.8) is 0 Å². The van der Waals surface area contributed by atoms with E-state index >= 15 is 0 Å². The molecule has 0 rings (SSSR count). The molecule has 0 aromatic rings. The summed E-state index contributed by atoms with van der Waals surface area (Å²) in [7, 11) is 0. The minimum atomic E-state index is -0.788. The molecule has 0 aliphatic carbocycles. The van der Waals surface area contributed by atoms with Gasteiger partial charge in [0.15, 0.2) is 0 Å². The molecule has 0 saturated heterocycles. The van der Waals surface area contributed by atoms with E-state index in [0.717, 1.165) is 89.9 Å². The summed E-state index contributed by atoms with van der Waals surface area (Å²) < 4.78 is 5.87. The zero-order chi connectivity index (χ0) is 38.9. The summed E-state index contributed by atoms with van der Waals surface area (Å²) in [6.45, 7) is 6.31. The van der Waals surface area contributed by atoms with E-state index in [4.69, 9.17) is 4.74 Å². The van der Waals surface area contributed by atoms with E-state index in [1.807, 2.05) is 0 Å². The number of unbranched alkanes of at least 4 members (excludes halogenated alkanes) is 19. The Hall–Kier alpha value is -2.18. The average Bonchev–Trinajstić information content (AvgIpc) is 3.15. The molecule has 3 atom stereocenters. The van der Waals surface area contributed by atoms with E-state index in [0.29, 0.717) is 19.3 Å². The summed E-state index contributed by atoms with van der Waals surface area (Å²) in [5.41, 5.74) is 0. The number of carbonyl (C=O) groups excluding carboxylic acids is 2. The van der Waals surface area contributed by atoms with Gasteiger partial charge in [-0.2, -0.15) is 0 Å². The van der Waals surface area contributed by atoms with Crippen LogP contribution in [0.3, 0.4) is 0 Å². The lowest BCUT2D eigenvalue weighted by Gasteiger charge is -2.24. The number of nitrogens with one attached hydrogen (secondary N) is 1. The molecule has 6 nitrogen and oxygen atoms in total. The first-order chi connectivity index (χ1) is 26.0. The fourth-order valence-electron chi connectivity index (χ4n) is 6.54. The van der Waals surface area contributed by atoms with Crippen LogP contribution >= 0.6 is 0 Å². The van der Waals surface area contributed by atoms with Crippen LogP contribution in [0.1, 0.15) is 213 Å². The molecule has 0 spiro atoms. The number of allylic oxidation sites excluding steroid dienone is 8. The van der Waals surface area contributed by atoms with Crippen molar-refractivity contribution in [1.82, 2.24) is 5.32 Å². The van der Waals surface area contributed by atoms with Gasteiger partial charge in [0.2, 0.25) is 5.91 Å². The Labute approximate surface area is 327 Å². The van der Waals surface area contributed by atoms with Gasteiger partial charge in [0, 0.05) is 6.42 Å². The quantitative estimate of drug-likeness (QED) is 0.0331. The molecule has 3 unspecified atom stereocenters. The van der Waals surface area contributed by atoms with Crippen LogP contribution in [0.25, 0.3) is 0 Å². The first kappa shape index (κ1) is 50.8. The van der Waals surface area contributed by atoms with Gasteiger partial charge in [-0.3, -0.25) is 9.59 Å². The van der Waals surface area contributed by atoms with Gasteiger partial charge >= 0.3 is 5.97 Å². The Kier molecular flexibility index (Phi) is 39.3. The first-order valence-corrected chi connectivity index (χ1v) is 22.4. The third-order valence-corrected chi connectivity index (χ3v) is 9.92. The summed E-state index contributed by atoms with van der Waals surface area (Å²) >= 11 is 0. The third kappa shape index (κ3) is 36.6. The van der Waals surface area contributed by atoms with Gasteiger partial charge in [-0.15, -0.1) is 0 Å². The SMILES string of the molecule is CC/C=C/C/C=C/C/C=C/C/C=C/CCCCCC(=O)OC(CCCCCCCCCCC)CC(=O)NC(CO)C(O)CCCCCCCCCCC. The number of hydrogen-bond acceptors (Lipinski definition) is 5. The highest BCUT2D eigenvalue weighted by Crippen LogP contribution is 2.17. The maximum Gasteiger partial charge on any atom is 0.306 e. The molecular formula is C47H85NO5. The van der Waals surface area contributed by atoms with E-state index in [9.17, 15) is 19.8 Å². The van der Waals surface area contributed by atoms with Gasteiger partial charge in [-0.1, -0.05) is 185 Å². The number of hydrogen-bond donors (Lipinski definition) is 3. The molecule has 0 aromatic carbocycles. The molecule has 0 aliphatic rings. The van der Waals surface area contributed by atoms with Crippen molar-refractivity contribution >= 4 is 11.9 Å². The fourth-order valence-corrected chi connectivity index (χ4v) is 6.54. The highest BCUT2D eigenvalue weighted by molar-refractivity contribution is 5.77. The number of carbonyl (C=O) groups is 2. The highest BCUT2D eigenvalue weighted by Gasteiger charge is 2.24. The molecule has 0 radical (unpaired) electrons. The number of aliphatic hydroxyl groups is 2. The Morgan fingerprint density at radius 3 is 1.53 bits per heavy atom. The van der Waals surface area contributed by atoms with Gasteiger partial charge in [0.05, 0.1) is 25.2 Å². The molecule has 0 aliphatic heterocycles. The summed E-state index contributed by atoms with van der Waals surface area (Å²) in [6, 6.07) is -0.703. The summed E-state index contributed by atoms with van der Waals surface area (Å²) in [5.74, 6) is -0.513. The normalized spacial score (nSPS) is 13.8. The Morgan fingerprint density at radius 1 is 0.566 bits per heavy atom. The predicted molar refractivity (Wildman–Crippen MR) is 227 cm³/mol. The largest absolute Gasteiger partial charge is 0.462 e. The van der Waals surface area contributed by atoms with Crippen LogP contribution in [0.4, 0.5) is 0 Å². The molecule has 53 heavy (non-hydrogen) atoms. The summed E-state index contributed by atoms with van der Waals surface area (Å²) in [5, 5.41) is 23.5. The monoisotopic (exact) mass is 744 g/mol. The first-order valence-electron chi connectivity index (χ1n) is 22.4. The molecule has 1 amide bonds. The minimum Gasteiger partial charge on any atom is -0.462 e. The Morgan fingerprint density at radius 2 is 1.02 bits per heavy atom. The number of amides is 1. The van der Waals surface area contributed by atoms with Gasteiger partial charge in [-0.25, -0.2) is 0 Å². The van der Waals surface area contributed by atoms with Crippen LogP contribution in [0.2, 0.25) is 0 Å². The maximum absolute atomic E-state index is 13.1. The standard InChI is InChI=1S/C47H85NO5/c1-4-7-10-13-16-19-20-21-22-23-24-25-28-31-34-37-40-47(52)53-43(38-35-32-29-26-17-14-11-8-5-2)41-46(51)48-44(42-49)45(50)39-36-33-30-27-18-15-12-9-6-3/h7,10,16,19,21-22,24-25,43-45,49-50H,4-6,8-9,11-15,17-18,20,23,26-42H2,1-3H3,(H,48,51)/b10-7+,19-16+,22-21+,25-24+. The lowest BCUT2D eigenvalue weighted by atomic mass is 10.0. The van der Waals surface area contributed by atoms with Crippen LogP contribution in [0.5, 0.6) is 0 Å². The average molecular weight is 744 g/mol. The van der Waals surface area contributed by atoms with Crippen LogP contribution in [0, 0.1) is 0 Å². The summed E-state index contributed by atoms with van der Waals surface area (Å²) in [4.78, 5) is 25.9. The second-order valence-electron chi connectivity index (χ2n) is 15.1. The lowest BCUT2D eigenvalue weighted by Crippen LogP contribution is -2.46. The second-order valence-corrected chi connectivity index (χ2v) is 15.1. The number of aliphatic hydroxyl groups excluding tert-OH is 2. The smallest absolute Gasteiger partial charge is 0.306 e. The van der Waals surface area contributed by atoms with Gasteiger partial charge in [0.25, 0.3) is 0 Å². The lowest BCUT2D eigenvalue weighted by molar-refractivity contribution is -0.151. The molecule has 0 bridgehead atoms. The molecule has 0 heterocycles. The van der Waals surface area contributed by atoms with Crippen molar-refractivity contribution in [2.24, 2.45) is 0 Å². The van der Waals surface area contributed by atoms with Gasteiger partial charge in [-0.05, 0) is 64.2 Å². The number of rotatable bonds is 39. The van der Waals surface area contributed by atoms with Crippen molar-refractivity contribution in [2.45, 2.75) is 232 Å². The van der Waals surface area contributed by atoms with Crippen molar-refractivity contribution < 1.29 is 24.5 Å². The third-order valence-electron chi connectivity index (χ3n) is 9.92. The van der Waals surface area contributed by atoms with Crippen LogP contribution < -0.4 is 5.32 Å². The molecule has 0 saturated carbocycles. The van der Waals surface area contributed by atoms with Crippen molar-refractivity contribution in [1.29, 1.82) is 0 Å². The minimum absolute atomic E-state index is 0.0653. The molecule has 308 valence electrons. The Balaban J connectivity index is 4.58. The molecule has 0 fully saturated rings. The number of ether oxygens (including phenoxy) is 1. The second kappa shape index (κ2) is 41.0. The molecular weight excluding hydrogens is 659 g/mol. The van der Waals surface area contributed by atoms with Crippen molar-refractivity contribution in [2.75, 3.05) is 6.61 Å².